The molecule has 4 aromatic carbocycles. The molecule has 0 saturated heterocycles. The Labute approximate surface area is 194 Å². The summed E-state index contributed by atoms with van der Waals surface area (Å²) in [5.41, 5.74) is 1.78. The van der Waals surface area contributed by atoms with Crippen LogP contribution in [0.15, 0.2) is 101 Å². The second-order valence-electron chi connectivity index (χ2n) is 7.49. The largest absolute Gasteiger partial charge is 0.319 e. The number of anilines is 1. The zero-order valence-electron chi connectivity index (χ0n) is 17.6. The lowest BCUT2D eigenvalue weighted by atomic mass is 10.1. The van der Waals surface area contributed by atoms with E-state index in [1.54, 1.807) is 42.5 Å². The first-order chi connectivity index (χ1) is 15.9. The number of aromatic nitrogens is 1. The van der Waals surface area contributed by atoms with Gasteiger partial charge in [0.05, 0.1) is 15.1 Å². The van der Waals surface area contributed by atoms with Crippen molar-refractivity contribution in [3.05, 3.63) is 101 Å². The number of benzene rings is 4. The number of rotatable bonds is 4. The van der Waals surface area contributed by atoms with Crippen molar-refractivity contribution in [2.45, 2.75) is 4.90 Å². The minimum absolute atomic E-state index is 0.171. The average Bonchev–Trinajstić information content (AvgIpc) is 3.15. The van der Waals surface area contributed by atoms with E-state index in [9.17, 15) is 13.2 Å². The fourth-order valence-corrected chi connectivity index (χ4v) is 5.78. The van der Waals surface area contributed by atoms with Crippen LogP contribution in [0.5, 0.6) is 0 Å². The number of fused-ring (bicyclic) bond motifs is 3. The molecule has 0 aliphatic heterocycles. The third-order valence-corrected chi connectivity index (χ3v) is 7.82. The van der Waals surface area contributed by atoms with Crippen LogP contribution >= 0.6 is 11.3 Å². The van der Waals surface area contributed by atoms with Gasteiger partial charge in [-0.3, -0.25) is 9.52 Å². The SMILES string of the molecule is Cn1c(=NC(=O)c2ccc(NS(=O)(=O)c3ccccc3)cc2)sc2ccc3ccccc3c21. The van der Waals surface area contributed by atoms with Gasteiger partial charge in [0.1, 0.15) is 0 Å². The summed E-state index contributed by atoms with van der Waals surface area (Å²) in [4.78, 5) is 17.9. The Hall–Kier alpha value is -3.75. The maximum Gasteiger partial charge on any atom is 0.279 e. The summed E-state index contributed by atoms with van der Waals surface area (Å²) < 4.78 is 30.5. The van der Waals surface area contributed by atoms with Gasteiger partial charge in [-0.05, 0) is 47.9 Å². The van der Waals surface area contributed by atoms with E-state index in [0.29, 0.717) is 16.1 Å². The summed E-state index contributed by atoms with van der Waals surface area (Å²) in [5.74, 6) is -0.390. The smallest absolute Gasteiger partial charge is 0.279 e. The number of sulfonamides is 1. The molecule has 0 aliphatic carbocycles. The third kappa shape index (κ3) is 4.06. The van der Waals surface area contributed by atoms with E-state index in [4.69, 9.17) is 0 Å². The molecule has 0 spiro atoms. The number of amides is 1. The maximum atomic E-state index is 12.8. The summed E-state index contributed by atoms with van der Waals surface area (Å²) in [7, 11) is -1.79. The second kappa shape index (κ2) is 8.31. The molecule has 0 fully saturated rings. The Morgan fingerprint density at radius 1 is 0.879 bits per heavy atom. The molecule has 1 N–H and O–H groups in total. The molecule has 0 saturated carbocycles. The number of aryl methyl sites for hydroxylation is 1. The Balaban J connectivity index is 1.44. The molecule has 0 radical (unpaired) electrons. The van der Waals surface area contributed by atoms with Gasteiger partial charge in [0, 0.05) is 23.7 Å². The van der Waals surface area contributed by atoms with Gasteiger partial charge < -0.3 is 4.57 Å². The van der Waals surface area contributed by atoms with Crippen LogP contribution in [0.2, 0.25) is 0 Å². The van der Waals surface area contributed by atoms with E-state index in [-0.39, 0.29) is 10.8 Å². The molecular formula is C25H19N3O3S2. The molecule has 0 atom stereocenters. The molecule has 8 heteroatoms. The highest BCUT2D eigenvalue weighted by Crippen LogP contribution is 2.26. The van der Waals surface area contributed by atoms with E-state index in [2.05, 4.69) is 27.9 Å². The molecule has 5 aromatic rings. The zero-order valence-corrected chi connectivity index (χ0v) is 19.2. The van der Waals surface area contributed by atoms with Crippen molar-refractivity contribution in [3.8, 4) is 0 Å². The quantitative estimate of drug-likeness (QED) is 0.402. The van der Waals surface area contributed by atoms with E-state index in [1.807, 2.05) is 29.8 Å². The van der Waals surface area contributed by atoms with Crippen molar-refractivity contribution in [2.24, 2.45) is 12.0 Å². The minimum Gasteiger partial charge on any atom is -0.319 e. The molecule has 33 heavy (non-hydrogen) atoms. The Morgan fingerprint density at radius 2 is 1.58 bits per heavy atom. The minimum atomic E-state index is -3.69. The van der Waals surface area contributed by atoms with Gasteiger partial charge in [0.2, 0.25) is 0 Å². The number of nitrogens with one attached hydrogen (secondary N) is 1. The number of nitrogens with zero attached hydrogens (tertiary/aromatic N) is 2. The van der Waals surface area contributed by atoms with Crippen LogP contribution in [0, 0.1) is 0 Å². The molecular weight excluding hydrogens is 454 g/mol. The van der Waals surface area contributed by atoms with Crippen LogP contribution in [-0.4, -0.2) is 18.9 Å². The second-order valence-corrected chi connectivity index (χ2v) is 10.2. The lowest BCUT2D eigenvalue weighted by Gasteiger charge is -2.08. The van der Waals surface area contributed by atoms with Crippen LogP contribution in [-0.2, 0) is 17.1 Å². The predicted molar refractivity (Wildman–Crippen MR) is 132 cm³/mol. The molecule has 0 bridgehead atoms. The average molecular weight is 474 g/mol. The Bertz CT molecular complexity index is 1670. The number of hydrogen-bond acceptors (Lipinski definition) is 4. The zero-order chi connectivity index (χ0) is 23.0. The molecule has 6 nitrogen and oxygen atoms in total. The van der Waals surface area contributed by atoms with Gasteiger partial charge in [0.15, 0.2) is 4.80 Å². The van der Waals surface area contributed by atoms with Crippen molar-refractivity contribution in [2.75, 3.05) is 4.72 Å². The topological polar surface area (TPSA) is 80.5 Å². The molecule has 0 unspecified atom stereocenters. The fraction of sp³-hybridized carbons (Fsp3) is 0.0400. The predicted octanol–water partition coefficient (Wildman–Crippen LogP) is 4.93. The van der Waals surface area contributed by atoms with Crippen molar-refractivity contribution in [1.29, 1.82) is 0 Å². The summed E-state index contributed by atoms with van der Waals surface area (Å²) in [6, 6.07) is 26.6. The third-order valence-electron chi connectivity index (χ3n) is 5.32. The van der Waals surface area contributed by atoms with Gasteiger partial charge in [-0.15, -0.1) is 0 Å². The van der Waals surface area contributed by atoms with E-state index in [0.717, 1.165) is 21.0 Å². The highest BCUT2D eigenvalue weighted by atomic mass is 32.2. The molecule has 164 valence electrons. The summed E-state index contributed by atoms with van der Waals surface area (Å²) in [6.45, 7) is 0. The number of carbonyl (C=O) groups excluding carboxylic acids is 1. The van der Waals surface area contributed by atoms with Gasteiger partial charge in [-0.2, -0.15) is 4.99 Å². The summed E-state index contributed by atoms with van der Waals surface area (Å²) in [6.07, 6.45) is 0. The monoisotopic (exact) mass is 473 g/mol. The summed E-state index contributed by atoms with van der Waals surface area (Å²) in [5, 5.41) is 2.24. The van der Waals surface area contributed by atoms with Crippen molar-refractivity contribution >= 4 is 53.9 Å². The first-order valence-corrected chi connectivity index (χ1v) is 12.5. The van der Waals surface area contributed by atoms with Crippen LogP contribution in [0.25, 0.3) is 21.0 Å². The molecule has 5 rings (SSSR count). The van der Waals surface area contributed by atoms with Gasteiger partial charge in [0.25, 0.3) is 15.9 Å². The van der Waals surface area contributed by atoms with Gasteiger partial charge >= 0.3 is 0 Å². The Kier molecular flexibility index (Phi) is 5.32. The van der Waals surface area contributed by atoms with Crippen LogP contribution < -0.4 is 9.52 Å². The molecule has 1 amide bonds. The first-order valence-electron chi connectivity index (χ1n) is 10.2. The van der Waals surface area contributed by atoms with Crippen molar-refractivity contribution in [1.82, 2.24) is 4.57 Å². The highest BCUT2D eigenvalue weighted by Gasteiger charge is 2.14. The van der Waals surface area contributed by atoms with Gasteiger partial charge in [-0.25, -0.2) is 8.42 Å². The van der Waals surface area contributed by atoms with Gasteiger partial charge in [-0.1, -0.05) is 59.9 Å². The van der Waals surface area contributed by atoms with Crippen LogP contribution in [0.1, 0.15) is 10.4 Å². The van der Waals surface area contributed by atoms with E-state index >= 15 is 0 Å². The van der Waals surface area contributed by atoms with E-state index in [1.165, 1.54) is 23.5 Å². The standard InChI is InChI=1S/C25H19N3O3S2/c1-28-23-21-10-6-5-7-17(21)13-16-22(23)32-25(28)26-24(29)18-11-14-19(15-12-18)27-33(30,31)20-8-3-2-4-9-20/h2-16,27H,1H3. The lowest BCUT2D eigenvalue weighted by Crippen LogP contribution is -2.14. The molecule has 1 heterocycles. The Morgan fingerprint density at radius 3 is 2.33 bits per heavy atom. The van der Waals surface area contributed by atoms with Crippen LogP contribution in [0.3, 0.4) is 0 Å². The molecule has 0 aliphatic rings. The lowest BCUT2D eigenvalue weighted by molar-refractivity contribution is 0.0998. The van der Waals surface area contributed by atoms with E-state index < -0.39 is 10.0 Å². The normalized spacial score (nSPS) is 12.3. The highest BCUT2D eigenvalue weighted by molar-refractivity contribution is 7.92. The molecule has 1 aromatic heterocycles. The number of thiazole rings is 1. The summed E-state index contributed by atoms with van der Waals surface area (Å²) >= 11 is 1.45. The first kappa shape index (κ1) is 21.1. The van der Waals surface area contributed by atoms with Crippen molar-refractivity contribution < 1.29 is 13.2 Å². The van der Waals surface area contributed by atoms with Crippen molar-refractivity contribution in [3.63, 3.8) is 0 Å². The fourth-order valence-electron chi connectivity index (χ4n) is 3.67. The number of hydrogen-bond donors (Lipinski definition) is 1. The maximum absolute atomic E-state index is 12.8. The van der Waals surface area contributed by atoms with Crippen LogP contribution in [0.4, 0.5) is 5.69 Å². The number of carbonyl (C=O) groups is 1.